The fourth-order valence-corrected chi connectivity index (χ4v) is 2.10. The molecule has 0 aliphatic rings. The monoisotopic (exact) mass is 310 g/mol. The molecule has 0 saturated heterocycles. The van der Waals surface area contributed by atoms with Gasteiger partial charge in [0, 0.05) is 24.3 Å². The lowest BCUT2D eigenvalue weighted by molar-refractivity contribution is 0.0779. The summed E-state index contributed by atoms with van der Waals surface area (Å²) in [5, 5.41) is 0.448. The van der Waals surface area contributed by atoms with Crippen molar-refractivity contribution < 1.29 is 13.6 Å². The molecule has 0 aliphatic heterocycles. The highest BCUT2D eigenvalue weighted by atomic mass is 35.5. The van der Waals surface area contributed by atoms with E-state index in [0.717, 1.165) is 6.07 Å². The summed E-state index contributed by atoms with van der Waals surface area (Å²) in [5.41, 5.74) is 6.48. The second kappa shape index (κ2) is 6.10. The van der Waals surface area contributed by atoms with Gasteiger partial charge in [-0.2, -0.15) is 0 Å². The minimum Gasteiger partial charge on any atom is -0.399 e. The Morgan fingerprint density at radius 2 is 2.00 bits per heavy atom. The van der Waals surface area contributed by atoms with Crippen molar-refractivity contribution in [2.24, 2.45) is 0 Å². The minimum atomic E-state index is -1.16. The number of benzene rings is 2. The molecule has 110 valence electrons. The maximum Gasteiger partial charge on any atom is 0.256 e. The number of amides is 1. The van der Waals surface area contributed by atoms with E-state index in [1.54, 1.807) is 18.2 Å². The number of carbonyl (C=O) groups excluding carboxylic acids is 1. The number of rotatable bonds is 3. The summed E-state index contributed by atoms with van der Waals surface area (Å²) in [7, 11) is 1.48. The molecule has 6 heteroatoms. The van der Waals surface area contributed by atoms with E-state index in [2.05, 4.69) is 0 Å². The lowest BCUT2D eigenvalue weighted by Gasteiger charge is -2.18. The van der Waals surface area contributed by atoms with Crippen LogP contribution in [0.1, 0.15) is 15.9 Å². The lowest BCUT2D eigenvalue weighted by Crippen LogP contribution is -2.27. The molecular weight excluding hydrogens is 298 g/mol. The predicted molar refractivity (Wildman–Crippen MR) is 78.0 cm³/mol. The molecule has 0 unspecified atom stereocenters. The van der Waals surface area contributed by atoms with Crippen molar-refractivity contribution in [2.45, 2.75) is 6.54 Å². The Bertz CT molecular complexity index is 691. The van der Waals surface area contributed by atoms with Gasteiger partial charge in [0.1, 0.15) is 0 Å². The van der Waals surface area contributed by atoms with Crippen LogP contribution in [0.4, 0.5) is 14.5 Å². The summed E-state index contributed by atoms with van der Waals surface area (Å²) >= 11 is 6.02. The fourth-order valence-electron chi connectivity index (χ4n) is 1.92. The van der Waals surface area contributed by atoms with E-state index in [9.17, 15) is 13.6 Å². The molecule has 0 spiro atoms. The lowest BCUT2D eigenvalue weighted by atomic mass is 10.1. The zero-order valence-electron chi connectivity index (χ0n) is 11.2. The molecule has 3 nitrogen and oxygen atoms in total. The largest absolute Gasteiger partial charge is 0.399 e. The minimum absolute atomic E-state index is 0.138. The third kappa shape index (κ3) is 3.31. The molecule has 21 heavy (non-hydrogen) atoms. The van der Waals surface area contributed by atoms with Crippen LogP contribution in [-0.2, 0) is 6.54 Å². The van der Waals surface area contributed by atoms with Crippen LogP contribution in [0, 0.1) is 11.6 Å². The summed E-state index contributed by atoms with van der Waals surface area (Å²) < 4.78 is 26.8. The molecule has 1 amide bonds. The van der Waals surface area contributed by atoms with Crippen molar-refractivity contribution in [2.75, 3.05) is 12.8 Å². The highest BCUT2D eigenvalue weighted by Crippen LogP contribution is 2.21. The van der Waals surface area contributed by atoms with Crippen molar-refractivity contribution in [3.8, 4) is 0 Å². The molecular formula is C15H13ClF2N2O. The van der Waals surface area contributed by atoms with Crippen LogP contribution >= 0.6 is 11.6 Å². The van der Waals surface area contributed by atoms with Crippen LogP contribution in [0.25, 0.3) is 0 Å². The Balaban J connectivity index is 2.24. The van der Waals surface area contributed by atoms with E-state index in [0.29, 0.717) is 16.3 Å². The number of halogens is 3. The summed E-state index contributed by atoms with van der Waals surface area (Å²) in [6, 6.07) is 8.37. The Labute approximate surface area is 125 Å². The molecule has 2 aromatic rings. The second-order valence-electron chi connectivity index (χ2n) is 4.61. The Hall–Kier alpha value is -2.14. The topological polar surface area (TPSA) is 46.3 Å². The van der Waals surface area contributed by atoms with Crippen LogP contribution in [-0.4, -0.2) is 17.9 Å². The molecule has 0 saturated carbocycles. The number of carbonyl (C=O) groups is 1. The molecule has 2 N–H and O–H groups in total. The van der Waals surface area contributed by atoms with Gasteiger partial charge in [0.05, 0.1) is 5.56 Å². The number of hydrogen-bond donors (Lipinski definition) is 1. The Morgan fingerprint density at radius 3 is 2.71 bits per heavy atom. The molecule has 2 aromatic carbocycles. The maximum atomic E-state index is 13.6. The zero-order valence-corrected chi connectivity index (χ0v) is 12.0. The van der Waals surface area contributed by atoms with Crippen LogP contribution < -0.4 is 5.73 Å². The zero-order chi connectivity index (χ0) is 15.6. The van der Waals surface area contributed by atoms with Gasteiger partial charge < -0.3 is 10.6 Å². The summed E-state index contributed by atoms with van der Waals surface area (Å²) in [5.74, 6) is -2.85. The molecule has 0 aliphatic carbocycles. The molecule has 0 fully saturated rings. The highest BCUT2D eigenvalue weighted by Gasteiger charge is 2.19. The number of hydrogen-bond acceptors (Lipinski definition) is 2. The van der Waals surface area contributed by atoms with E-state index in [-0.39, 0.29) is 12.1 Å². The molecule has 0 atom stereocenters. The first kappa shape index (κ1) is 15.3. The van der Waals surface area contributed by atoms with Crippen LogP contribution in [0.15, 0.2) is 36.4 Å². The first-order valence-electron chi connectivity index (χ1n) is 6.13. The molecule has 0 radical (unpaired) electrons. The van der Waals surface area contributed by atoms with Gasteiger partial charge in [0.2, 0.25) is 0 Å². The van der Waals surface area contributed by atoms with E-state index in [1.165, 1.54) is 24.1 Å². The van der Waals surface area contributed by atoms with Gasteiger partial charge in [-0.25, -0.2) is 8.78 Å². The first-order valence-corrected chi connectivity index (χ1v) is 6.51. The molecule has 2 rings (SSSR count). The van der Waals surface area contributed by atoms with E-state index >= 15 is 0 Å². The normalized spacial score (nSPS) is 10.5. The SMILES string of the molecule is CN(Cc1cc(N)ccc1Cl)C(=O)c1cccc(F)c1F. The number of nitrogens with two attached hydrogens (primary N) is 1. The average Bonchev–Trinajstić information content (AvgIpc) is 2.45. The average molecular weight is 311 g/mol. The van der Waals surface area contributed by atoms with Crippen LogP contribution in [0.5, 0.6) is 0 Å². The Kier molecular flexibility index (Phi) is 4.43. The van der Waals surface area contributed by atoms with Gasteiger partial charge in [0.15, 0.2) is 11.6 Å². The smallest absolute Gasteiger partial charge is 0.256 e. The van der Waals surface area contributed by atoms with Crippen LogP contribution in [0.2, 0.25) is 5.02 Å². The van der Waals surface area contributed by atoms with Gasteiger partial charge in [-0.1, -0.05) is 17.7 Å². The van der Waals surface area contributed by atoms with E-state index in [4.69, 9.17) is 17.3 Å². The van der Waals surface area contributed by atoms with Crippen molar-refractivity contribution in [1.29, 1.82) is 0 Å². The second-order valence-corrected chi connectivity index (χ2v) is 5.02. The summed E-state index contributed by atoms with van der Waals surface area (Å²) in [4.78, 5) is 13.4. The third-order valence-electron chi connectivity index (χ3n) is 3.01. The quantitative estimate of drug-likeness (QED) is 0.882. The van der Waals surface area contributed by atoms with Gasteiger partial charge in [-0.15, -0.1) is 0 Å². The first-order chi connectivity index (χ1) is 9.90. The maximum absolute atomic E-state index is 13.6. The number of nitrogen functional groups attached to an aromatic ring is 1. The van der Waals surface area contributed by atoms with E-state index < -0.39 is 17.5 Å². The van der Waals surface area contributed by atoms with Gasteiger partial charge >= 0.3 is 0 Å². The predicted octanol–water partition coefficient (Wildman–Crippen LogP) is 3.47. The van der Waals surface area contributed by atoms with Gasteiger partial charge in [-0.05, 0) is 35.9 Å². The standard InChI is InChI=1S/C15H13ClF2N2O/c1-20(8-9-7-10(19)5-6-12(9)16)15(21)11-3-2-4-13(17)14(11)18/h2-7H,8,19H2,1H3. The number of nitrogens with zero attached hydrogens (tertiary/aromatic N) is 1. The highest BCUT2D eigenvalue weighted by molar-refractivity contribution is 6.31. The number of anilines is 1. The van der Waals surface area contributed by atoms with E-state index in [1.807, 2.05) is 0 Å². The molecule has 0 aromatic heterocycles. The van der Waals surface area contributed by atoms with Gasteiger partial charge in [-0.3, -0.25) is 4.79 Å². The molecule has 0 bridgehead atoms. The Morgan fingerprint density at radius 1 is 1.29 bits per heavy atom. The van der Waals surface area contributed by atoms with Crippen molar-refractivity contribution in [1.82, 2.24) is 4.90 Å². The van der Waals surface area contributed by atoms with Crippen molar-refractivity contribution in [3.05, 3.63) is 64.2 Å². The van der Waals surface area contributed by atoms with Crippen molar-refractivity contribution >= 4 is 23.2 Å². The van der Waals surface area contributed by atoms with Crippen LogP contribution in [0.3, 0.4) is 0 Å². The summed E-state index contributed by atoms with van der Waals surface area (Å²) in [6.07, 6.45) is 0. The third-order valence-corrected chi connectivity index (χ3v) is 3.37. The van der Waals surface area contributed by atoms with Gasteiger partial charge in [0.25, 0.3) is 5.91 Å². The molecule has 0 heterocycles. The fraction of sp³-hybridized carbons (Fsp3) is 0.133. The van der Waals surface area contributed by atoms with Crippen molar-refractivity contribution in [3.63, 3.8) is 0 Å². The summed E-state index contributed by atoms with van der Waals surface area (Å²) in [6.45, 7) is 0.138.